The first-order chi connectivity index (χ1) is 7.91. The van der Waals surface area contributed by atoms with Crippen LogP contribution in [0.3, 0.4) is 0 Å². The van der Waals surface area contributed by atoms with Crippen LogP contribution >= 0.6 is 0 Å². The van der Waals surface area contributed by atoms with E-state index in [0.29, 0.717) is 0 Å². The van der Waals surface area contributed by atoms with Crippen molar-refractivity contribution < 1.29 is 27.9 Å². The van der Waals surface area contributed by atoms with Crippen LogP contribution in [0, 0.1) is 0 Å². The van der Waals surface area contributed by atoms with E-state index >= 15 is 0 Å². The zero-order valence-electron chi connectivity index (χ0n) is 10.3. The highest BCUT2D eigenvalue weighted by atomic mass is 19.4. The van der Waals surface area contributed by atoms with Crippen LogP contribution in [0.1, 0.15) is 26.7 Å². The third kappa shape index (κ3) is 8.80. The van der Waals surface area contributed by atoms with Crippen LogP contribution in [0.25, 0.3) is 0 Å². The molecule has 0 aromatic rings. The van der Waals surface area contributed by atoms with Crippen LogP contribution in [0.5, 0.6) is 0 Å². The first kappa shape index (κ1) is 16.7. The van der Waals surface area contributed by atoms with E-state index in [4.69, 9.17) is 10.8 Å². The van der Waals surface area contributed by atoms with E-state index in [1.807, 2.05) is 0 Å². The molecule has 0 fully saturated rings. The van der Waals surface area contributed by atoms with Crippen molar-refractivity contribution in [2.24, 2.45) is 5.73 Å². The van der Waals surface area contributed by atoms with Crippen molar-refractivity contribution in [3.63, 3.8) is 0 Å². The van der Waals surface area contributed by atoms with Crippen LogP contribution in [0.2, 0.25) is 0 Å². The van der Waals surface area contributed by atoms with Crippen molar-refractivity contribution in [1.29, 1.82) is 0 Å². The van der Waals surface area contributed by atoms with Crippen LogP contribution in [0.4, 0.5) is 13.2 Å². The molecule has 106 valence electrons. The first-order valence-corrected chi connectivity index (χ1v) is 5.26. The lowest BCUT2D eigenvalue weighted by Gasteiger charge is -2.24. The number of nitrogens with two attached hydrogens (primary N) is 1. The summed E-state index contributed by atoms with van der Waals surface area (Å²) in [5.41, 5.74) is 4.91. The van der Waals surface area contributed by atoms with Gasteiger partial charge in [0.2, 0.25) is 5.91 Å². The smallest absolute Gasteiger partial charge is 0.406 e. The summed E-state index contributed by atoms with van der Waals surface area (Å²) in [6.07, 6.45) is -4.66. The summed E-state index contributed by atoms with van der Waals surface area (Å²) in [6, 6.07) is 0. The molecule has 0 aliphatic carbocycles. The molecule has 0 bridgehead atoms. The average molecular weight is 270 g/mol. The summed E-state index contributed by atoms with van der Waals surface area (Å²) < 4.78 is 36.5. The normalized spacial score (nSPS) is 12.3. The van der Waals surface area contributed by atoms with Gasteiger partial charge in [0.25, 0.3) is 0 Å². The van der Waals surface area contributed by atoms with Gasteiger partial charge >= 0.3 is 12.1 Å². The number of aliphatic carboxylic acids is 1. The van der Waals surface area contributed by atoms with Crippen molar-refractivity contribution in [3.8, 4) is 0 Å². The van der Waals surface area contributed by atoms with Crippen molar-refractivity contribution in [2.75, 3.05) is 13.1 Å². The van der Waals surface area contributed by atoms with E-state index < -0.39 is 36.7 Å². The van der Waals surface area contributed by atoms with Gasteiger partial charge in [0.1, 0.15) is 13.1 Å². The number of hydrogen-bond acceptors (Lipinski definition) is 3. The lowest BCUT2D eigenvalue weighted by molar-refractivity contribution is -0.165. The number of carboxylic acid groups (broad SMARTS) is 1. The van der Waals surface area contributed by atoms with Gasteiger partial charge in [-0.1, -0.05) is 0 Å². The Morgan fingerprint density at radius 2 is 1.78 bits per heavy atom. The Morgan fingerprint density at radius 3 is 2.11 bits per heavy atom. The first-order valence-electron chi connectivity index (χ1n) is 5.26. The topological polar surface area (TPSA) is 83.6 Å². The van der Waals surface area contributed by atoms with Crippen LogP contribution in [0.15, 0.2) is 0 Å². The maximum atomic E-state index is 12.2. The summed E-state index contributed by atoms with van der Waals surface area (Å²) in [7, 11) is 0. The Morgan fingerprint density at radius 1 is 1.28 bits per heavy atom. The highest BCUT2D eigenvalue weighted by molar-refractivity contribution is 5.81. The Hall–Kier alpha value is -1.31. The number of carboxylic acids is 1. The van der Waals surface area contributed by atoms with E-state index in [9.17, 15) is 22.8 Å². The number of carbonyl (C=O) groups excluding carboxylic acids is 1. The standard InChI is InChI=1S/C10H17F3N2O3/c1-9(2,14)4-3-7(16)15(5-8(17)18)6-10(11,12)13/h3-6,14H2,1-2H3,(H,17,18). The number of alkyl halides is 3. The molecule has 0 heterocycles. The second kappa shape index (κ2) is 6.03. The van der Waals surface area contributed by atoms with Crippen molar-refractivity contribution in [1.82, 2.24) is 4.90 Å². The molecular formula is C10H17F3N2O3. The van der Waals surface area contributed by atoms with Gasteiger partial charge in [0.05, 0.1) is 0 Å². The number of amides is 1. The number of rotatable bonds is 6. The largest absolute Gasteiger partial charge is 0.480 e. The Bertz CT molecular complexity index is 310. The summed E-state index contributed by atoms with van der Waals surface area (Å²) >= 11 is 0. The van der Waals surface area contributed by atoms with Gasteiger partial charge in [-0.3, -0.25) is 9.59 Å². The fourth-order valence-corrected chi connectivity index (χ4v) is 1.20. The van der Waals surface area contributed by atoms with Crippen molar-refractivity contribution in [2.45, 2.75) is 38.4 Å². The summed E-state index contributed by atoms with van der Waals surface area (Å²) in [5, 5.41) is 8.47. The van der Waals surface area contributed by atoms with Crippen molar-refractivity contribution >= 4 is 11.9 Å². The summed E-state index contributed by atoms with van der Waals surface area (Å²) in [4.78, 5) is 22.2. The molecule has 0 aromatic heterocycles. The number of halogens is 3. The monoisotopic (exact) mass is 270 g/mol. The minimum Gasteiger partial charge on any atom is -0.480 e. The molecule has 0 aliphatic heterocycles. The quantitative estimate of drug-likeness (QED) is 0.753. The predicted octanol–water partition coefficient (Wildman–Crippen LogP) is 0.979. The minimum atomic E-state index is -4.62. The number of hydrogen-bond donors (Lipinski definition) is 2. The summed E-state index contributed by atoms with van der Waals surface area (Å²) in [5.74, 6) is -2.35. The molecule has 1 amide bonds. The van der Waals surface area contributed by atoms with Gasteiger partial charge in [-0.05, 0) is 20.3 Å². The molecule has 0 atom stereocenters. The second-order valence-electron chi connectivity index (χ2n) is 4.75. The Labute approximate surface area is 103 Å². The Kier molecular flexibility index (Phi) is 5.59. The van der Waals surface area contributed by atoms with E-state index in [1.165, 1.54) is 0 Å². The van der Waals surface area contributed by atoms with Crippen LogP contribution in [-0.2, 0) is 9.59 Å². The second-order valence-corrected chi connectivity index (χ2v) is 4.75. The van der Waals surface area contributed by atoms with E-state index in [2.05, 4.69) is 0 Å². The molecule has 0 saturated carbocycles. The van der Waals surface area contributed by atoms with Crippen molar-refractivity contribution in [3.05, 3.63) is 0 Å². The molecule has 8 heteroatoms. The highest BCUT2D eigenvalue weighted by Crippen LogP contribution is 2.18. The van der Waals surface area contributed by atoms with E-state index in [-0.39, 0.29) is 17.7 Å². The molecule has 5 nitrogen and oxygen atoms in total. The summed E-state index contributed by atoms with van der Waals surface area (Å²) in [6.45, 7) is 0.726. The number of nitrogens with zero attached hydrogens (tertiary/aromatic N) is 1. The molecule has 0 aliphatic rings. The molecule has 18 heavy (non-hydrogen) atoms. The van der Waals surface area contributed by atoms with Gasteiger partial charge in [-0.15, -0.1) is 0 Å². The molecule has 0 unspecified atom stereocenters. The van der Waals surface area contributed by atoms with Gasteiger partial charge in [0.15, 0.2) is 0 Å². The molecular weight excluding hydrogens is 253 g/mol. The van der Waals surface area contributed by atoms with Gasteiger partial charge in [-0.2, -0.15) is 13.2 Å². The fraction of sp³-hybridized carbons (Fsp3) is 0.800. The van der Waals surface area contributed by atoms with Gasteiger partial charge in [0, 0.05) is 12.0 Å². The zero-order valence-corrected chi connectivity index (χ0v) is 10.3. The van der Waals surface area contributed by atoms with E-state index in [1.54, 1.807) is 13.8 Å². The molecule has 0 rings (SSSR count). The zero-order chi connectivity index (χ0) is 14.6. The molecule has 0 aromatic carbocycles. The maximum Gasteiger partial charge on any atom is 0.406 e. The molecule has 0 spiro atoms. The van der Waals surface area contributed by atoms with Gasteiger partial charge < -0.3 is 15.7 Å². The molecule has 0 radical (unpaired) electrons. The fourth-order valence-electron chi connectivity index (χ4n) is 1.20. The maximum absolute atomic E-state index is 12.2. The SMILES string of the molecule is CC(C)(N)CCC(=O)N(CC(=O)O)CC(F)(F)F. The lowest BCUT2D eigenvalue weighted by atomic mass is 10.00. The van der Waals surface area contributed by atoms with Gasteiger partial charge in [-0.25, -0.2) is 0 Å². The minimum absolute atomic E-state index is 0.180. The number of carbonyl (C=O) groups is 2. The molecule has 0 saturated heterocycles. The van der Waals surface area contributed by atoms with Crippen LogP contribution < -0.4 is 5.73 Å². The third-order valence-corrected chi connectivity index (χ3v) is 2.03. The average Bonchev–Trinajstić information content (AvgIpc) is 2.08. The third-order valence-electron chi connectivity index (χ3n) is 2.03. The predicted molar refractivity (Wildman–Crippen MR) is 57.8 cm³/mol. The Balaban J connectivity index is 4.55. The highest BCUT2D eigenvalue weighted by Gasteiger charge is 2.34. The van der Waals surface area contributed by atoms with Crippen LogP contribution in [-0.4, -0.2) is 46.7 Å². The molecule has 3 N–H and O–H groups in total. The lowest BCUT2D eigenvalue weighted by Crippen LogP contribution is -2.43. The van der Waals surface area contributed by atoms with E-state index in [0.717, 1.165) is 0 Å².